The zero-order chi connectivity index (χ0) is 17.1. The fourth-order valence-corrected chi connectivity index (χ4v) is 1.90. The van der Waals surface area contributed by atoms with Crippen molar-refractivity contribution in [2.24, 2.45) is 5.10 Å². The van der Waals surface area contributed by atoms with Gasteiger partial charge in [-0.05, 0) is 12.1 Å². The van der Waals surface area contributed by atoms with E-state index < -0.39 is 21.2 Å². The third-order valence-corrected chi connectivity index (χ3v) is 2.96. The quantitative estimate of drug-likeness (QED) is 0.397. The molecule has 0 bridgehead atoms. The number of hydrogen-bond acceptors (Lipinski definition) is 8. The second kappa shape index (κ2) is 6.08. The van der Waals surface area contributed by atoms with Gasteiger partial charge in [-0.1, -0.05) is 0 Å². The molecule has 11 nitrogen and oxygen atoms in total. The largest absolute Gasteiger partial charge is 0.455 e. The summed E-state index contributed by atoms with van der Waals surface area (Å²) in [6.07, 6.45) is 4.15. The lowest BCUT2D eigenvalue weighted by atomic mass is 10.1. The van der Waals surface area contributed by atoms with Gasteiger partial charge in [-0.3, -0.25) is 20.2 Å². The maximum absolute atomic E-state index is 10.9. The fraction of sp³-hybridized carbons (Fsp3) is 0. The molecular formula is C13H8N6O5. The lowest BCUT2D eigenvalue weighted by molar-refractivity contribution is -0.394. The van der Waals surface area contributed by atoms with E-state index in [1.807, 2.05) is 0 Å². The molecule has 24 heavy (non-hydrogen) atoms. The molecular weight excluding hydrogens is 320 g/mol. The normalized spacial score (nSPS) is 11.0. The van der Waals surface area contributed by atoms with Crippen LogP contribution in [0.5, 0.6) is 0 Å². The highest BCUT2D eigenvalue weighted by Crippen LogP contribution is 2.30. The Labute approximate surface area is 133 Å². The van der Waals surface area contributed by atoms with Crippen molar-refractivity contribution in [2.75, 3.05) is 0 Å². The van der Waals surface area contributed by atoms with Gasteiger partial charge in [0.25, 0.3) is 11.4 Å². The molecule has 0 atom stereocenters. The summed E-state index contributed by atoms with van der Waals surface area (Å²) < 4.78 is 6.84. The third-order valence-electron chi connectivity index (χ3n) is 2.96. The molecule has 0 unspecified atom stereocenters. The molecule has 2 heterocycles. The molecule has 0 aliphatic rings. The minimum atomic E-state index is -0.701. The Morgan fingerprint density at radius 2 is 1.67 bits per heavy atom. The Kier molecular flexibility index (Phi) is 3.81. The number of rotatable bonds is 5. The van der Waals surface area contributed by atoms with Crippen LogP contribution >= 0.6 is 0 Å². The number of benzene rings is 1. The van der Waals surface area contributed by atoms with Crippen molar-refractivity contribution in [1.29, 1.82) is 0 Å². The first-order valence-electron chi connectivity index (χ1n) is 6.46. The van der Waals surface area contributed by atoms with E-state index in [2.05, 4.69) is 15.3 Å². The summed E-state index contributed by atoms with van der Waals surface area (Å²) in [4.78, 5) is 20.4. The van der Waals surface area contributed by atoms with Gasteiger partial charge in [0.1, 0.15) is 24.2 Å². The van der Waals surface area contributed by atoms with Gasteiger partial charge in [-0.25, -0.2) is 4.68 Å². The van der Waals surface area contributed by atoms with Crippen molar-refractivity contribution < 1.29 is 14.3 Å². The van der Waals surface area contributed by atoms with Crippen molar-refractivity contribution in [1.82, 2.24) is 14.9 Å². The average Bonchev–Trinajstić information content (AvgIpc) is 3.24. The fourth-order valence-electron chi connectivity index (χ4n) is 1.90. The number of non-ortho nitro benzene ring substituents is 2. The second-order valence-corrected chi connectivity index (χ2v) is 4.54. The molecule has 0 aliphatic carbocycles. The lowest BCUT2D eigenvalue weighted by Gasteiger charge is -1.98. The Morgan fingerprint density at radius 1 is 1.04 bits per heavy atom. The monoisotopic (exact) mass is 328 g/mol. The van der Waals surface area contributed by atoms with Crippen LogP contribution in [0.1, 0.15) is 5.76 Å². The number of nitro benzene ring substituents is 2. The SMILES string of the molecule is O=[N+]([O-])c1cc(-c2ccc(/C=N/n3cnnc3)o2)cc([N+](=O)[O-])c1. The molecule has 120 valence electrons. The number of nitro groups is 2. The maximum atomic E-state index is 10.9. The van der Waals surface area contributed by atoms with Gasteiger partial charge in [-0.15, -0.1) is 10.2 Å². The second-order valence-electron chi connectivity index (χ2n) is 4.54. The molecule has 11 heteroatoms. The van der Waals surface area contributed by atoms with Crippen LogP contribution in [-0.2, 0) is 0 Å². The summed E-state index contributed by atoms with van der Waals surface area (Å²) in [6.45, 7) is 0. The van der Waals surface area contributed by atoms with E-state index in [9.17, 15) is 20.2 Å². The topological polar surface area (TPSA) is 142 Å². The highest BCUT2D eigenvalue weighted by atomic mass is 16.6. The van der Waals surface area contributed by atoms with E-state index in [1.54, 1.807) is 6.07 Å². The van der Waals surface area contributed by atoms with Gasteiger partial charge >= 0.3 is 0 Å². The van der Waals surface area contributed by atoms with Gasteiger partial charge < -0.3 is 4.42 Å². The lowest BCUT2D eigenvalue weighted by Crippen LogP contribution is -1.93. The van der Waals surface area contributed by atoms with Crippen LogP contribution in [-0.4, -0.2) is 30.9 Å². The molecule has 0 saturated carbocycles. The van der Waals surface area contributed by atoms with Crippen LogP contribution in [0, 0.1) is 20.2 Å². The van der Waals surface area contributed by atoms with E-state index >= 15 is 0 Å². The van der Waals surface area contributed by atoms with Gasteiger partial charge in [-0.2, -0.15) is 5.10 Å². The summed E-state index contributed by atoms with van der Waals surface area (Å²) in [6, 6.07) is 6.41. The van der Waals surface area contributed by atoms with Gasteiger partial charge in [0.15, 0.2) is 0 Å². The average molecular weight is 328 g/mol. The van der Waals surface area contributed by atoms with Crippen LogP contribution < -0.4 is 0 Å². The molecule has 3 rings (SSSR count). The Hall–Kier alpha value is -3.89. The summed E-state index contributed by atoms with van der Waals surface area (Å²) in [7, 11) is 0. The molecule has 0 radical (unpaired) electrons. The number of hydrogen-bond donors (Lipinski definition) is 0. The molecule has 0 fully saturated rings. The Bertz CT molecular complexity index is 898. The van der Waals surface area contributed by atoms with E-state index in [0.29, 0.717) is 5.76 Å². The van der Waals surface area contributed by atoms with Crippen molar-refractivity contribution in [2.45, 2.75) is 0 Å². The zero-order valence-corrected chi connectivity index (χ0v) is 11.8. The van der Waals surface area contributed by atoms with E-state index in [0.717, 1.165) is 6.07 Å². The highest BCUT2D eigenvalue weighted by Gasteiger charge is 2.18. The number of furan rings is 1. The minimum Gasteiger partial charge on any atom is -0.455 e. The molecule has 0 amide bonds. The van der Waals surface area contributed by atoms with E-state index in [1.165, 1.54) is 41.7 Å². The first-order chi connectivity index (χ1) is 11.5. The van der Waals surface area contributed by atoms with Crippen LogP contribution in [0.4, 0.5) is 11.4 Å². The van der Waals surface area contributed by atoms with Gasteiger partial charge in [0, 0.05) is 17.7 Å². The van der Waals surface area contributed by atoms with Gasteiger partial charge in [0.2, 0.25) is 0 Å². The summed E-state index contributed by atoms with van der Waals surface area (Å²) in [5, 5.41) is 33.0. The summed E-state index contributed by atoms with van der Waals surface area (Å²) in [5.41, 5.74) is -0.564. The Morgan fingerprint density at radius 3 is 2.25 bits per heavy atom. The Balaban J connectivity index is 1.94. The first kappa shape index (κ1) is 15.0. The summed E-state index contributed by atoms with van der Waals surface area (Å²) >= 11 is 0. The predicted molar refractivity (Wildman–Crippen MR) is 80.5 cm³/mol. The van der Waals surface area contributed by atoms with Crippen LogP contribution in [0.25, 0.3) is 11.3 Å². The van der Waals surface area contributed by atoms with Crippen LogP contribution in [0.2, 0.25) is 0 Å². The number of nitrogens with zero attached hydrogens (tertiary/aromatic N) is 6. The zero-order valence-electron chi connectivity index (χ0n) is 11.8. The van der Waals surface area contributed by atoms with E-state index in [4.69, 9.17) is 4.42 Å². The molecule has 3 aromatic rings. The summed E-state index contributed by atoms with van der Waals surface area (Å²) in [5.74, 6) is 0.597. The standard InChI is InChI=1S/C13H8N6O5/c20-18(21)10-3-9(4-11(5-10)19(22)23)13-2-1-12(24-13)6-16-17-7-14-15-8-17/h1-8H/b16-6+. The van der Waals surface area contributed by atoms with Gasteiger partial charge in [0.05, 0.1) is 22.1 Å². The predicted octanol–water partition coefficient (Wildman–Crippen LogP) is 2.24. The molecule has 0 spiro atoms. The van der Waals surface area contributed by atoms with Crippen molar-refractivity contribution in [3.05, 3.63) is 69.0 Å². The molecule has 0 N–H and O–H groups in total. The smallest absolute Gasteiger partial charge is 0.277 e. The maximum Gasteiger partial charge on any atom is 0.277 e. The van der Waals surface area contributed by atoms with Crippen molar-refractivity contribution in [3.63, 3.8) is 0 Å². The molecule has 0 aliphatic heterocycles. The van der Waals surface area contributed by atoms with Crippen LogP contribution in [0.3, 0.4) is 0 Å². The minimum absolute atomic E-state index is 0.222. The number of aromatic nitrogens is 3. The first-order valence-corrected chi connectivity index (χ1v) is 6.46. The highest BCUT2D eigenvalue weighted by molar-refractivity contribution is 5.77. The van der Waals surface area contributed by atoms with E-state index in [-0.39, 0.29) is 11.3 Å². The van der Waals surface area contributed by atoms with Crippen molar-refractivity contribution >= 4 is 17.6 Å². The molecule has 0 saturated heterocycles. The van der Waals surface area contributed by atoms with Crippen LogP contribution in [0.15, 0.2) is 52.5 Å². The third kappa shape index (κ3) is 3.14. The van der Waals surface area contributed by atoms with Crippen molar-refractivity contribution in [3.8, 4) is 11.3 Å². The molecule has 1 aromatic carbocycles. The molecule has 2 aromatic heterocycles.